The normalized spacial score (nSPS) is 11.6. The predicted octanol–water partition coefficient (Wildman–Crippen LogP) is 5.81. The lowest BCUT2D eigenvalue weighted by molar-refractivity contribution is 0.0941. The molecule has 4 aromatic rings. The topological polar surface area (TPSA) is 69.7 Å². The van der Waals surface area contributed by atoms with Gasteiger partial charge >= 0.3 is 0 Å². The minimum atomic E-state index is -0.181. The highest BCUT2D eigenvalue weighted by atomic mass is 16.5. The number of benzene rings is 3. The SMILES string of the molecule is CCOc1ccc([C@@H](C)NC(=O)c2cc(-c3ccc(OC)c(OC)c3)nc3ccccc23)cc1. The summed E-state index contributed by atoms with van der Waals surface area (Å²) in [7, 11) is 3.19. The molecule has 0 saturated carbocycles. The molecular formula is C28H28N2O4. The van der Waals surface area contributed by atoms with Crippen molar-refractivity contribution in [1.82, 2.24) is 10.3 Å². The second-order valence-corrected chi connectivity index (χ2v) is 7.84. The third kappa shape index (κ3) is 4.81. The number of ether oxygens (including phenoxy) is 3. The maximum Gasteiger partial charge on any atom is 0.252 e. The van der Waals surface area contributed by atoms with Gasteiger partial charge in [-0.05, 0) is 61.9 Å². The van der Waals surface area contributed by atoms with E-state index in [9.17, 15) is 4.79 Å². The maximum absolute atomic E-state index is 13.4. The van der Waals surface area contributed by atoms with Gasteiger partial charge in [0.25, 0.3) is 5.91 Å². The number of para-hydroxylation sites is 1. The molecule has 1 heterocycles. The van der Waals surface area contributed by atoms with E-state index >= 15 is 0 Å². The van der Waals surface area contributed by atoms with E-state index in [0.717, 1.165) is 27.8 Å². The largest absolute Gasteiger partial charge is 0.494 e. The zero-order valence-corrected chi connectivity index (χ0v) is 19.8. The van der Waals surface area contributed by atoms with Crippen molar-refractivity contribution in [3.05, 3.63) is 83.9 Å². The van der Waals surface area contributed by atoms with E-state index in [1.54, 1.807) is 14.2 Å². The molecule has 1 N–H and O–H groups in total. The number of nitrogens with one attached hydrogen (secondary N) is 1. The summed E-state index contributed by atoms with van der Waals surface area (Å²) in [6.45, 7) is 4.53. The van der Waals surface area contributed by atoms with Crippen LogP contribution in [0.15, 0.2) is 72.8 Å². The van der Waals surface area contributed by atoms with Crippen LogP contribution < -0.4 is 19.5 Å². The molecule has 4 rings (SSSR count). The van der Waals surface area contributed by atoms with Crippen molar-refractivity contribution in [3.63, 3.8) is 0 Å². The number of nitrogens with zero attached hydrogens (tertiary/aromatic N) is 1. The Morgan fingerprint density at radius 1 is 0.941 bits per heavy atom. The lowest BCUT2D eigenvalue weighted by Crippen LogP contribution is -2.27. The Morgan fingerprint density at radius 2 is 1.68 bits per heavy atom. The van der Waals surface area contributed by atoms with Gasteiger partial charge in [0.2, 0.25) is 0 Å². The molecule has 3 aromatic carbocycles. The van der Waals surface area contributed by atoms with Crippen molar-refractivity contribution in [3.8, 4) is 28.5 Å². The Bertz CT molecular complexity index is 1300. The number of aromatic nitrogens is 1. The van der Waals surface area contributed by atoms with Gasteiger partial charge in [0, 0.05) is 10.9 Å². The van der Waals surface area contributed by atoms with E-state index in [0.29, 0.717) is 29.4 Å². The van der Waals surface area contributed by atoms with Gasteiger partial charge in [0.05, 0.1) is 43.6 Å². The fourth-order valence-corrected chi connectivity index (χ4v) is 3.88. The van der Waals surface area contributed by atoms with Crippen LogP contribution in [0.1, 0.15) is 35.8 Å². The minimum Gasteiger partial charge on any atom is -0.494 e. The first kappa shape index (κ1) is 23.1. The number of amides is 1. The number of carbonyl (C=O) groups is 1. The first-order valence-corrected chi connectivity index (χ1v) is 11.2. The fraction of sp³-hybridized carbons (Fsp3) is 0.214. The molecule has 1 aromatic heterocycles. The van der Waals surface area contributed by atoms with Crippen molar-refractivity contribution in [2.24, 2.45) is 0 Å². The van der Waals surface area contributed by atoms with Crippen LogP contribution in [0.2, 0.25) is 0 Å². The molecule has 0 fully saturated rings. The molecule has 0 bridgehead atoms. The van der Waals surface area contributed by atoms with Gasteiger partial charge in [-0.2, -0.15) is 0 Å². The van der Waals surface area contributed by atoms with E-state index < -0.39 is 0 Å². The van der Waals surface area contributed by atoms with Gasteiger partial charge in [0.15, 0.2) is 11.5 Å². The Morgan fingerprint density at radius 3 is 2.38 bits per heavy atom. The zero-order valence-electron chi connectivity index (χ0n) is 19.8. The molecule has 6 nitrogen and oxygen atoms in total. The zero-order chi connectivity index (χ0) is 24.1. The number of hydrogen-bond donors (Lipinski definition) is 1. The molecule has 0 radical (unpaired) electrons. The number of fused-ring (bicyclic) bond motifs is 1. The number of rotatable bonds is 8. The Balaban J connectivity index is 1.68. The number of methoxy groups -OCH3 is 2. The summed E-state index contributed by atoms with van der Waals surface area (Å²) in [5.41, 5.74) is 3.81. The number of pyridine rings is 1. The molecule has 0 unspecified atom stereocenters. The molecule has 34 heavy (non-hydrogen) atoms. The highest BCUT2D eigenvalue weighted by Crippen LogP contribution is 2.33. The number of carbonyl (C=O) groups excluding carboxylic acids is 1. The Labute approximate surface area is 199 Å². The van der Waals surface area contributed by atoms with E-state index in [2.05, 4.69) is 5.32 Å². The minimum absolute atomic E-state index is 0.165. The van der Waals surface area contributed by atoms with E-state index in [1.165, 1.54) is 0 Å². The molecule has 1 atom stereocenters. The summed E-state index contributed by atoms with van der Waals surface area (Å²) in [4.78, 5) is 18.2. The molecule has 0 aliphatic heterocycles. The van der Waals surface area contributed by atoms with Crippen molar-refractivity contribution in [2.75, 3.05) is 20.8 Å². The first-order chi connectivity index (χ1) is 16.5. The van der Waals surface area contributed by atoms with Gasteiger partial charge in [0.1, 0.15) is 5.75 Å². The first-order valence-electron chi connectivity index (χ1n) is 11.2. The van der Waals surface area contributed by atoms with Crippen molar-refractivity contribution >= 4 is 16.8 Å². The standard InChI is InChI=1S/C28H28N2O4/c1-5-34-21-13-10-19(11-14-21)18(2)29-28(31)23-17-25(30-24-9-7-6-8-22(23)24)20-12-15-26(32-3)27(16-20)33-4/h6-18H,5H2,1-4H3,(H,29,31)/t18-/m1/s1. The lowest BCUT2D eigenvalue weighted by Gasteiger charge is -2.17. The molecule has 1 amide bonds. The van der Waals surface area contributed by atoms with Crippen LogP contribution in [0.3, 0.4) is 0 Å². The van der Waals surface area contributed by atoms with Gasteiger partial charge in [-0.1, -0.05) is 30.3 Å². The molecular weight excluding hydrogens is 428 g/mol. The monoisotopic (exact) mass is 456 g/mol. The summed E-state index contributed by atoms with van der Waals surface area (Å²) in [5, 5.41) is 3.92. The van der Waals surface area contributed by atoms with Gasteiger partial charge < -0.3 is 19.5 Å². The number of hydrogen-bond acceptors (Lipinski definition) is 5. The van der Waals surface area contributed by atoms with E-state index in [4.69, 9.17) is 19.2 Å². The molecule has 0 spiro atoms. The summed E-state index contributed by atoms with van der Waals surface area (Å²) >= 11 is 0. The quantitative estimate of drug-likeness (QED) is 0.362. The lowest BCUT2D eigenvalue weighted by atomic mass is 10.0. The second kappa shape index (κ2) is 10.3. The average Bonchev–Trinajstić information content (AvgIpc) is 2.88. The van der Waals surface area contributed by atoms with Crippen molar-refractivity contribution in [1.29, 1.82) is 0 Å². The summed E-state index contributed by atoms with van der Waals surface area (Å²) in [5.74, 6) is 1.88. The van der Waals surface area contributed by atoms with Crippen LogP contribution in [-0.4, -0.2) is 31.7 Å². The molecule has 0 saturated heterocycles. The maximum atomic E-state index is 13.4. The van der Waals surface area contributed by atoms with Crippen LogP contribution in [0.4, 0.5) is 0 Å². The van der Waals surface area contributed by atoms with Crippen LogP contribution in [0, 0.1) is 0 Å². The van der Waals surface area contributed by atoms with Gasteiger partial charge in [-0.3, -0.25) is 4.79 Å². The van der Waals surface area contributed by atoms with E-state index in [-0.39, 0.29) is 11.9 Å². The molecule has 174 valence electrons. The summed E-state index contributed by atoms with van der Waals surface area (Å²) in [6.07, 6.45) is 0. The van der Waals surface area contributed by atoms with E-state index in [1.807, 2.05) is 86.6 Å². The molecule has 6 heteroatoms. The van der Waals surface area contributed by atoms with Gasteiger partial charge in [-0.15, -0.1) is 0 Å². The predicted molar refractivity (Wildman–Crippen MR) is 134 cm³/mol. The van der Waals surface area contributed by atoms with Crippen LogP contribution in [0.25, 0.3) is 22.2 Å². The summed E-state index contributed by atoms with van der Waals surface area (Å²) in [6, 6.07) is 22.7. The fourth-order valence-electron chi connectivity index (χ4n) is 3.88. The third-order valence-corrected chi connectivity index (χ3v) is 5.68. The van der Waals surface area contributed by atoms with Crippen LogP contribution in [-0.2, 0) is 0 Å². The van der Waals surface area contributed by atoms with Gasteiger partial charge in [-0.25, -0.2) is 4.98 Å². The highest BCUT2D eigenvalue weighted by Gasteiger charge is 2.17. The third-order valence-electron chi connectivity index (χ3n) is 5.68. The van der Waals surface area contributed by atoms with Crippen LogP contribution in [0.5, 0.6) is 17.2 Å². The molecule has 0 aliphatic rings. The second-order valence-electron chi connectivity index (χ2n) is 7.84. The van der Waals surface area contributed by atoms with Crippen molar-refractivity contribution < 1.29 is 19.0 Å². The average molecular weight is 457 g/mol. The van der Waals surface area contributed by atoms with Crippen molar-refractivity contribution in [2.45, 2.75) is 19.9 Å². The smallest absolute Gasteiger partial charge is 0.252 e. The molecule has 0 aliphatic carbocycles. The van der Waals surface area contributed by atoms with Crippen LogP contribution >= 0.6 is 0 Å². The Hall–Kier alpha value is -4.06. The Kier molecular flexibility index (Phi) is 6.97. The highest BCUT2D eigenvalue weighted by molar-refractivity contribution is 6.07. The summed E-state index contributed by atoms with van der Waals surface area (Å²) < 4.78 is 16.3.